The normalized spacial score (nSPS) is 12.0. The summed E-state index contributed by atoms with van der Waals surface area (Å²) in [5.41, 5.74) is 0. The summed E-state index contributed by atoms with van der Waals surface area (Å²) < 4.78 is 4.77. The van der Waals surface area contributed by atoms with Crippen molar-refractivity contribution in [3.8, 4) is 0 Å². The summed E-state index contributed by atoms with van der Waals surface area (Å²) in [5, 5.41) is 6.79. The summed E-state index contributed by atoms with van der Waals surface area (Å²) in [6.45, 7) is 1.91. The summed E-state index contributed by atoms with van der Waals surface area (Å²) in [5.74, 6) is 0.563. The molecule has 0 aromatic carbocycles. The largest absolute Gasteiger partial charge is 0.495 e. The average molecular weight is 125 g/mol. The lowest BCUT2D eigenvalue weighted by molar-refractivity contribution is 0.317. The van der Waals surface area contributed by atoms with Gasteiger partial charge in [-0.1, -0.05) is 12.2 Å². The van der Waals surface area contributed by atoms with Crippen LogP contribution in [0.5, 0.6) is 0 Å². The number of methoxy groups -OCH3 is 1. The lowest BCUT2D eigenvalue weighted by atomic mass is 10.4. The summed E-state index contributed by atoms with van der Waals surface area (Å²) in [7, 11) is 1.54. The van der Waals surface area contributed by atoms with Gasteiger partial charge in [0.1, 0.15) is 5.76 Å². The molecule has 2 heteroatoms. The predicted octanol–water partition coefficient (Wildman–Crippen LogP) is 1.74. The number of hydrogen-bond donors (Lipinski definition) is 1. The van der Waals surface area contributed by atoms with Crippen LogP contribution >= 0.6 is 0 Å². The molecular weight excluding hydrogens is 114 g/mol. The highest BCUT2D eigenvalue weighted by molar-refractivity contribution is 5.73. The number of rotatable bonds is 3. The van der Waals surface area contributed by atoms with Crippen molar-refractivity contribution in [2.45, 2.75) is 6.92 Å². The van der Waals surface area contributed by atoms with E-state index < -0.39 is 0 Å². The summed E-state index contributed by atoms with van der Waals surface area (Å²) in [4.78, 5) is 0. The van der Waals surface area contributed by atoms with Gasteiger partial charge in [-0.25, -0.2) is 0 Å². The van der Waals surface area contributed by atoms with Crippen LogP contribution in [0.25, 0.3) is 0 Å². The first-order valence-corrected chi connectivity index (χ1v) is 2.72. The van der Waals surface area contributed by atoms with Crippen LogP contribution in [-0.4, -0.2) is 13.3 Å². The Bertz CT molecular complexity index is 136. The van der Waals surface area contributed by atoms with Gasteiger partial charge in [0.15, 0.2) is 0 Å². The van der Waals surface area contributed by atoms with E-state index in [9.17, 15) is 0 Å². The van der Waals surface area contributed by atoms with Gasteiger partial charge in [0.05, 0.1) is 13.3 Å². The SMILES string of the molecule is C/C=C\C=C(/C=N)OC. The zero-order valence-electron chi connectivity index (χ0n) is 5.72. The van der Waals surface area contributed by atoms with Crippen LogP contribution in [0.2, 0.25) is 0 Å². The molecule has 0 spiro atoms. The first-order chi connectivity index (χ1) is 4.35. The molecule has 50 valence electrons. The molecular formula is C7H11NO. The fourth-order valence-electron chi connectivity index (χ4n) is 0.366. The third kappa shape index (κ3) is 3.53. The Hall–Kier alpha value is -1.05. The minimum Gasteiger partial charge on any atom is -0.495 e. The molecule has 0 unspecified atom stereocenters. The fourth-order valence-corrected chi connectivity index (χ4v) is 0.366. The maximum Gasteiger partial charge on any atom is 0.136 e. The van der Waals surface area contributed by atoms with E-state index >= 15 is 0 Å². The lowest BCUT2D eigenvalue weighted by Crippen LogP contribution is -1.84. The van der Waals surface area contributed by atoms with Crippen LogP contribution in [0.15, 0.2) is 24.0 Å². The molecule has 2 nitrogen and oxygen atoms in total. The molecule has 0 amide bonds. The lowest BCUT2D eigenvalue weighted by Gasteiger charge is -1.93. The molecule has 0 heterocycles. The van der Waals surface area contributed by atoms with E-state index in [0.29, 0.717) is 5.76 Å². The fraction of sp³-hybridized carbons (Fsp3) is 0.286. The van der Waals surface area contributed by atoms with Crippen LogP contribution in [0.4, 0.5) is 0 Å². The molecule has 0 saturated heterocycles. The van der Waals surface area contributed by atoms with Crippen molar-refractivity contribution in [2.75, 3.05) is 7.11 Å². The Balaban J connectivity index is 3.90. The highest BCUT2D eigenvalue weighted by atomic mass is 16.5. The molecule has 0 fully saturated rings. The molecule has 0 atom stereocenters. The van der Waals surface area contributed by atoms with E-state index in [2.05, 4.69) is 0 Å². The molecule has 0 aliphatic rings. The molecule has 0 aliphatic heterocycles. The van der Waals surface area contributed by atoms with Gasteiger partial charge in [-0.3, -0.25) is 0 Å². The number of ether oxygens (including phenoxy) is 1. The van der Waals surface area contributed by atoms with Crippen LogP contribution in [-0.2, 0) is 4.74 Å². The van der Waals surface area contributed by atoms with E-state index in [4.69, 9.17) is 10.1 Å². The van der Waals surface area contributed by atoms with E-state index in [1.807, 2.05) is 19.1 Å². The van der Waals surface area contributed by atoms with Gasteiger partial charge in [-0.15, -0.1) is 0 Å². The first-order valence-electron chi connectivity index (χ1n) is 2.72. The van der Waals surface area contributed by atoms with E-state index in [-0.39, 0.29) is 0 Å². The zero-order valence-corrected chi connectivity index (χ0v) is 5.72. The smallest absolute Gasteiger partial charge is 0.136 e. The minimum atomic E-state index is 0.563. The number of allylic oxidation sites excluding steroid dienone is 4. The molecule has 0 bridgehead atoms. The topological polar surface area (TPSA) is 33.1 Å². The van der Waals surface area contributed by atoms with Gasteiger partial charge in [-0.2, -0.15) is 0 Å². The zero-order chi connectivity index (χ0) is 7.11. The van der Waals surface area contributed by atoms with Crippen LogP contribution in [0.3, 0.4) is 0 Å². The Morgan fingerprint density at radius 2 is 2.22 bits per heavy atom. The quantitative estimate of drug-likeness (QED) is 0.348. The van der Waals surface area contributed by atoms with Crippen LogP contribution < -0.4 is 0 Å². The summed E-state index contributed by atoms with van der Waals surface area (Å²) >= 11 is 0. The maximum absolute atomic E-state index is 6.79. The van der Waals surface area contributed by atoms with Crippen molar-refractivity contribution in [1.29, 1.82) is 5.41 Å². The minimum absolute atomic E-state index is 0.563. The van der Waals surface area contributed by atoms with Crippen LogP contribution in [0, 0.1) is 5.41 Å². The van der Waals surface area contributed by atoms with Gasteiger partial charge in [0.2, 0.25) is 0 Å². The van der Waals surface area contributed by atoms with Crippen molar-refractivity contribution in [3.63, 3.8) is 0 Å². The second kappa shape index (κ2) is 5.09. The van der Waals surface area contributed by atoms with Gasteiger partial charge in [0, 0.05) is 0 Å². The molecule has 9 heavy (non-hydrogen) atoms. The summed E-state index contributed by atoms with van der Waals surface area (Å²) in [6.07, 6.45) is 6.60. The van der Waals surface area contributed by atoms with Gasteiger partial charge in [-0.05, 0) is 13.0 Å². The highest BCUT2D eigenvalue weighted by Crippen LogP contribution is 1.89. The van der Waals surface area contributed by atoms with Crippen molar-refractivity contribution < 1.29 is 4.74 Å². The molecule has 0 rings (SSSR count). The third-order valence-corrected chi connectivity index (χ3v) is 0.831. The van der Waals surface area contributed by atoms with Gasteiger partial charge < -0.3 is 10.1 Å². The predicted molar refractivity (Wildman–Crippen MR) is 38.7 cm³/mol. The Kier molecular flexibility index (Phi) is 4.50. The first kappa shape index (κ1) is 7.95. The number of hydrogen-bond acceptors (Lipinski definition) is 2. The molecule has 0 aromatic rings. The maximum atomic E-state index is 6.79. The monoisotopic (exact) mass is 125 g/mol. The van der Waals surface area contributed by atoms with Crippen molar-refractivity contribution >= 4 is 6.21 Å². The molecule has 0 radical (unpaired) electrons. The van der Waals surface area contributed by atoms with Crippen molar-refractivity contribution in [1.82, 2.24) is 0 Å². The van der Waals surface area contributed by atoms with E-state index in [1.54, 1.807) is 13.2 Å². The van der Waals surface area contributed by atoms with Crippen molar-refractivity contribution in [2.24, 2.45) is 0 Å². The van der Waals surface area contributed by atoms with E-state index in [1.165, 1.54) is 6.21 Å². The summed E-state index contributed by atoms with van der Waals surface area (Å²) in [6, 6.07) is 0. The second-order valence-corrected chi connectivity index (χ2v) is 1.44. The Labute approximate surface area is 55.3 Å². The molecule has 1 N–H and O–H groups in total. The number of nitrogens with one attached hydrogen (secondary N) is 1. The standard InChI is InChI=1S/C7H11NO/c1-3-4-5-7(6-8)9-2/h3-6,8H,1-2H3/b4-3-,7-5+,8-6?. The third-order valence-electron chi connectivity index (χ3n) is 0.831. The molecule has 0 aromatic heterocycles. The van der Waals surface area contributed by atoms with Crippen molar-refractivity contribution in [3.05, 3.63) is 24.0 Å². The molecule has 0 aliphatic carbocycles. The van der Waals surface area contributed by atoms with Gasteiger partial charge in [0.25, 0.3) is 0 Å². The van der Waals surface area contributed by atoms with Gasteiger partial charge >= 0.3 is 0 Å². The molecule has 0 saturated carbocycles. The Morgan fingerprint density at radius 3 is 2.56 bits per heavy atom. The average Bonchev–Trinajstić information content (AvgIpc) is 1.91. The second-order valence-electron chi connectivity index (χ2n) is 1.44. The Morgan fingerprint density at radius 1 is 1.56 bits per heavy atom. The van der Waals surface area contributed by atoms with E-state index in [0.717, 1.165) is 0 Å². The highest BCUT2D eigenvalue weighted by Gasteiger charge is 1.81. The van der Waals surface area contributed by atoms with Crippen LogP contribution in [0.1, 0.15) is 6.92 Å².